The zero-order valence-electron chi connectivity index (χ0n) is 10.6. The number of methoxy groups -OCH3 is 1. The molecule has 0 radical (unpaired) electrons. The van der Waals surface area contributed by atoms with E-state index in [1.165, 1.54) is 37.9 Å². The topological polar surface area (TPSA) is 38.5 Å². The van der Waals surface area contributed by atoms with Gasteiger partial charge in [-0.1, -0.05) is 12.5 Å². The highest BCUT2D eigenvalue weighted by atomic mass is 16.5. The number of nitrogen functional groups attached to an aromatic ring is 1. The quantitative estimate of drug-likeness (QED) is 0.812. The molecule has 0 saturated carbocycles. The Hall–Kier alpha value is -1.22. The molecule has 3 heteroatoms. The molecule has 1 fully saturated rings. The number of piperidine rings is 1. The van der Waals surface area contributed by atoms with Crippen LogP contribution in [0.15, 0.2) is 18.2 Å². The van der Waals surface area contributed by atoms with Crippen LogP contribution >= 0.6 is 0 Å². The normalized spacial score (nSPS) is 17.0. The SMILES string of the molecule is COc1ccc(CCN2CCCCC2)cc1N. The number of benzene rings is 1. The van der Waals surface area contributed by atoms with E-state index in [1.54, 1.807) is 7.11 Å². The van der Waals surface area contributed by atoms with Crippen LogP contribution in [0.2, 0.25) is 0 Å². The van der Waals surface area contributed by atoms with E-state index in [9.17, 15) is 0 Å². The van der Waals surface area contributed by atoms with Crippen molar-refractivity contribution in [1.29, 1.82) is 0 Å². The molecule has 1 saturated heterocycles. The number of hydrogen-bond acceptors (Lipinski definition) is 3. The van der Waals surface area contributed by atoms with E-state index in [1.807, 2.05) is 12.1 Å². The molecule has 3 nitrogen and oxygen atoms in total. The molecule has 2 N–H and O–H groups in total. The lowest BCUT2D eigenvalue weighted by atomic mass is 10.1. The van der Waals surface area contributed by atoms with Gasteiger partial charge in [0.15, 0.2) is 0 Å². The zero-order valence-corrected chi connectivity index (χ0v) is 10.6. The summed E-state index contributed by atoms with van der Waals surface area (Å²) in [7, 11) is 1.65. The van der Waals surface area contributed by atoms with Gasteiger partial charge in [-0.05, 0) is 50.0 Å². The van der Waals surface area contributed by atoms with Crippen molar-refractivity contribution in [3.05, 3.63) is 23.8 Å². The third-order valence-corrected chi connectivity index (χ3v) is 3.46. The van der Waals surface area contributed by atoms with Crippen LogP contribution in [0.25, 0.3) is 0 Å². The molecule has 94 valence electrons. The maximum absolute atomic E-state index is 5.90. The molecule has 0 spiro atoms. The highest BCUT2D eigenvalue weighted by molar-refractivity contribution is 5.54. The van der Waals surface area contributed by atoms with Gasteiger partial charge in [-0.2, -0.15) is 0 Å². The van der Waals surface area contributed by atoms with Gasteiger partial charge in [-0.15, -0.1) is 0 Å². The van der Waals surface area contributed by atoms with Gasteiger partial charge in [-0.3, -0.25) is 0 Å². The highest BCUT2D eigenvalue weighted by Gasteiger charge is 2.09. The molecule has 1 aliphatic heterocycles. The summed E-state index contributed by atoms with van der Waals surface area (Å²) in [6.45, 7) is 3.66. The maximum Gasteiger partial charge on any atom is 0.141 e. The summed E-state index contributed by atoms with van der Waals surface area (Å²) in [6.07, 6.45) is 5.18. The molecule has 2 rings (SSSR count). The predicted octanol–water partition coefficient (Wildman–Crippen LogP) is 2.31. The largest absolute Gasteiger partial charge is 0.495 e. The van der Waals surface area contributed by atoms with Gasteiger partial charge in [0, 0.05) is 6.54 Å². The van der Waals surface area contributed by atoms with Crippen LogP contribution in [-0.4, -0.2) is 31.6 Å². The molecule has 0 aromatic heterocycles. The molecule has 1 aromatic rings. The summed E-state index contributed by atoms with van der Waals surface area (Å²) in [5.41, 5.74) is 7.94. The minimum atomic E-state index is 0.739. The summed E-state index contributed by atoms with van der Waals surface area (Å²) in [5, 5.41) is 0. The Kier molecular flexibility index (Phi) is 4.26. The van der Waals surface area contributed by atoms with Crippen molar-refractivity contribution >= 4 is 5.69 Å². The molecule has 0 atom stereocenters. The molecule has 1 heterocycles. The van der Waals surface area contributed by atoms with Crippen molar-refractivity contribution in [1.82, 2.24) is 4.90 Å². The van der Waals surface area contributed by atoms with Gasteiger partial charge >= 0.3 is 0 Å². The third-order valence-electron chi connectivity index (χ3n) is 3.46. The van der Waals surface area contributed by atoms with Crippen LogP contribution in [0.1, 0.15) is 24.8 Å². The second kappa shape index (κ2) is 5.92. The molecular weight excluding hydrogens is 212 g/mol. The van der Waals surface area contributed by atoms with Crippen molar-refractivity contribution < 1.29 is 4.74 Å². The van der Waals surface area contributed by atoms with Gasteiger partial charge in [0.1, 0.15) is 5.75 Å². The summed E-state index contributed by atoms with van der Waals surface area (Å²) in [6, 6.07) is 6.10. The van der Waals surface area contributed by atoms with Crippen LogP contribution in [0.5, 0.6) is 5.75 Å². The summed E-state index contributed by atoms with van der Waals surface area (Å²) < 4.78 is 5.16. The predicted molar refractivity (Wildman–Crippen MR) is 71.4 cm³/mol. The van der Waals surface area contributed by atoms with E-state index in [-0.39, 0.29) is 0 Å². The molecule has 0 amide bonds. The van der Waals surface area contributed by atoms with Gasteiger partial charge < -0.3 is 15.4 Å². The van der Waals surface area contributed by atoms with Crippen LogP contribution in [0.4, 0.5) is 5.69 Å². The lowest BCUT2D eigenvalue weighted by Gasteiger charge is -2.26. The van der Waals surface area contributed by atoms with Crippen molar-refractivity contribution in [2.75, 3.05) is 32.5 Å². The van der Waals surface area contributed by atoms with Gasteiger partial charge in [-0.25, -0.2) is 0 Å². The summed E-state index contributed by atoms with van der Waals surface area (Å²) >= 11 is 0. The van der Waals surface area contributed by atoms with Gasteiger partial charge in [0.2, 0.25) is 0 Å². The van der Waals surface area contributed by atoms with E-state index in [0.717, 1.165) is 24.4 Å². The Balaban J connectivity index is 1.87. The molecule has 0 bridgehead atoms. The van der Waals surface area contributed by atoms with Crippen molar-refractivity contribution in [3.8, 4) is 5.75 Å². The van der Waals surface area contributed by atoms with E-state index >= 15 is 0 Å². The van der Waals surface area contributed by atoms with Crippen molar-refractivity contribution in [3.63, 3.8) is 0 Å². The second-order valence-corrected chi connectivity index (χ2v) is 4.73. The Morgan fingerprint density at radius 1 is 1.24 bits per heavy atom. The van der Waals surface area contributed by atoms with E-state index in [2.05, 4.69) is 11.0 Å². The molecule has 1 aliphatic rings. The average Bonchev–Trinajstić information content (AvgIpc) is 2.38. The van der Waals surface area contributed by atoms with Crippen LogP contribution < -0.4 is 10.5 Å². The van der Waals surface area contributed by atoms with Gasteiger partial charge in [0.25, 0.3) is 0 Å². The lowest BCUT2D eigenvalue weighted by molar-refractivity contribution is 0.231. The fourth-order valence-electron chi connectivity index (χ4n) is 2.41. The third kappa shape index (κ3) is 3.37. The first-order valence-electron chi connectivity index (χ1n) is 6.44. The minimum absolute atomic E-state index is 0.739. The minimum Gasteiger partial charge on any atom is -0.495 e. The zero-order chi connectivity index (χ0) is 12.1. The monoisotopic (exact) mass is 234 g/mol. The fraction of sp³-hybridized carbons (Fsp3) is 0.571. The first-order valence-corrected chi connectivity index (χ1v) is 6.44. The Morgan fingerprint density at radius 2 is 2.00 bits per heavy atom. The number of nitrogens with two attached hydrogens (primary N) is 1. The van der Waals surface area contributed by atoms with E-state index < -0.39 is 0 Å². The number of likely N-dealkylation sites (tertiary alicyclic amines) is 1. The maximum atomic E-state index is 5.90. The smallest absolute Gasteiger partial charge is 0.141 e. The van der Waals surface area contributed by atoms with E-state index in [4.69, 9.17) is 10.5 Å². The molecule has 0 aliphatic carbocycles. The molecule has 1 aromatic carbocycles. The first kappa shape index (κ1) is 12.2. The lowest BCUT2D eigenvalue weighted by Crippen LogP contribution is -2.31. The summed E-state index contributed by atoms with van der Waals surface area (Å²) in [5.74, 6) is 0.770. The Morgan fingerprint density at radius 3 is 2.65 bits per heavy atom. The Bertz CT molecular complexity index is 359. The molecular formula is C14H22N2O. The number of rotatable bonds is 4. The van der Waals surface area contributed by atoms with Gasteiger partial charge in [0.05, 0.1) is 12.8 Å². The number of ether oxygens (including phenoxy) is 1. The van der Waals surface area contributed by atoms with Crippen LogP contribution in [-0.2, 0) is 6.42 Å². The van der Waals surface area contributed by atoms with Crippen LogP contribution in [0.3, 0.4) is 0 Å². The first-order chi connectivity index (χ1) is 8.29. The highest BCUT2D eigenvalue weighted by Crippen LogP contribution is 2.22. The van der Waals surface area contributed by atoms with Crippen molar-refractivity contribution in [2.45, 2.75) is 25.7 Å². The Labute approximate surface area is 104 Å². The summed E-state index contributed by atoms with van der Waals surface area (Å²) in [4.78, 5) is 2.55. The number of nitrogens with zero attached hydrogens (tertiary/aromatic N) is 1. The average molecular weight is 234 g/mol. The second-order valence-electron chi connectivity index (χ2n) is 4.73. The molecule has 17 heavy (non-hydrogen) atoms. The fourth-order valence-corrected chi connectivity index (χ4v) is 2.41. The standard InChI is InChI=1S/C14H22N2O/c1-17-14-6-5-12(11-13(14)15)7-10-16-8-3-2-4-9-16/h5-6,11H,2-4,7-10,15H2,1H3. The number of hydrogen-bond donors (Lipinski definition) is 1. The van der Waals surface area contributed by atoms with Crippen LogP contribution in [0, 0.1) is 0 Å². The number of anilines is 1. The molecule has 0 unspecified atom stereocenters. The van der Waals surface area contributed by atoms with Crippen molar-refractivity contribution in [2.24, 2.45) is 0 Å². The van der Waals surface area contributed by atoms with E-state index in [0.29, 0.717) is 0 Å².